The molecule has 0 amide bonds. The SMILES string of the molecule is COc1ccc(-n2c(C)cn3c4c(=O)n(C)c(=O)n(C)c4nc23)cc1. The molecule has 0 aliphatic carbocycles. The van der Waals surface area contributed by atoms with Crippen LogP contribution in [0.5, 0.6) is 5.75 Å². The van der Waals surface area contributed by atoms with E-state index in [0.717, 1.165) is 21.7 Å². The van der Waals surface area contributed by atoms with Gasteiger partial charge in [0.2, 0.25) is 5.78 Å². The molecule has 3 heterocycles. The molecule has 0 aliphatic heterocycles. The standard InChI is InChI=1S/C17H17N5O3/c1-10-9-21-13-14(19(2)17(24)20(3)15(13)23)18-16(21)22(10)11-5-7-12(25-4)8-6-11/h5-9H,1-4H3. The highest BCUT2D eigenvalue weighted by molar-refractivity contribution is 5.76. The Morgan fingerprint density at radius 1 is 1.04 bits per heavy atom. The molecular formula is C17H17N5O3. The zero-order valence-corrected chi connectivity index (χ0v) is 14.3. The van der Waals surface area contributed by atoms with Gasteiger partial charge in [-0.1, -0.05) is 0 Å². The minimum absolute atomic E-state index is 0.363. The fourth-order valence-corrected chi connectivity index (χ4v) is 3.14. The number of ether oxygens (including phenoxy) is 1. The summed E-state index contributed by atoms with van der Waals surface area (Å²) in [7, 11) is 4.70. The van der Waals surface area contributed by atoms with E-state index < -0.39 is 5.69 Å². The first-order valence-electron chi connectivity index (χ1n) is 7.74. The second kappa shape index (κ2) is 5.10. The van der Waals surface area contributed by atoms with Crippen LogP contribution in [0.3, 0.4) is 0 Å². The predicted molar refractivity (Wildman–Crippen MR) is 93.8 cm³/mol. The van der Waals surface area contributed by atoms with Crippen molar-refractivity contribution in [3.05, 3.63) is 57.0 Å². The monoisotopic (exact) mass is 339 g/mol. The van der Waals surface area contributed by atoms with Crippen LogP contribution in [0.2, 0.25) is 0 Å². The number of fused-ring (bicyclic) bond motifs is 3. The van der Waals surface area contributed by atoms with Crippen molar-refractivity contribution < 1.29 is 4.74 Å². The number of aromatic nitrogens is 5. The summed E-state index contributed by atoms with van der Waals surface area (Å²) >= 11 is 0. The van der Waals surface area contributed by atoms with Crippen LogP contribution in [-0.4, -0.2) is 30.2 Å². The van der Waals surface area contributed by atoms with Crippen molar-refractivity contribution in [2.24, 2.45) is 14.1 Å². The maximum Gasteiger partial charge on any atom is 0.332 e. The van der Waals surface area contributed by atoms with Crippen LogP contribution in [0.4, 0.5) is 0 Å². The molecule has 0 N–H and O–H groups in total. The molecule has 8 nitrogen and oxygen atoms in total. The average Bonchev–Trinajstić information content (AvgIpc) is 3.13. The third kappa shape index (κ3) is 1.97. The molecule has 0 radical (unpaired) electrons. The fourth-order valence-electron chi connectivity index (χ4n) is 3.14. The lowest BCUT2D eigenvalue weighted by atomic mass is 10.3. The molecule has 0 atom stereocenters. The molecule has 0 spiro atoms. The van der Waals surface area contributed by atoms with Crippen LogP contribution in [0.1, 0.15) is 5.69 Å². The van der Waals surface area contributed by atoms with Crippen molar-refractivity contribution in [1.29, 1.82) is 0 Å². The van der Waals surface area contributed by atoms with Crippen LogP contribution < -0.4 is 16.0 Å². The van der Waals surface area contributed by atoms with Crippen LogP contribution in [0, 0.1) is 6.92 Å². The summed E-state index contributed by atoms with van der Waals surface area (Å²) in [5, 5.41) is 0. The highest BCUT2D eigenvalue weighted by Crippen LogP contribution is 2.22. The van der Waals surface area contributed by atoms with Crippen molar-refractivity contribution >= 4 is 16.9 Å². The topological polar surface area (TPSA) is 75.5 Å². The van der Waals surface area contributed by atoms with Crippen molar-refractivity contribution in [3.63, 3.8) is 0 Å². The van der Waals surface area contributed by atoms with Gasteiger partial charge in [0.05, 0.1) is 7.11 Å². The van der Waals surface area contributed by atoms with Crippen LogP contribution in [-0.2, 0) is 14.1 Å². The van der Waals surface area contributed by atoms with E-state index in [0.29, 0.717) is 16.9 Å². The van der Waals surface area contributed by atoms with Gasteiger partial charge in [0.1, 0.15) is 5.75 Å². The maximum absolute atomic E-state index is 12.6. The number of hydrogen-bond donors (Lipinski definition) is 0. The van der Waals surface area contributed by atoms with Gasteiger partial charge < -0.3 is 4.74 Å². The highest BCUT2D eigenvalue weighted by Gasteiger charge is 2.19. The number of nitrogens with zero attached hydrogens (tertiary/aromatic N) is 5. The minimum Gasteiger partial charge on any atom is -0.497 e. The van der Waals surface area contributed by atoms with Gasteiger partial charge in [0, 0.05) is 31.7 Å². The van der Waals surface area contributed by atoms with E-state index in [1.54, 1.807) is 18.6 Å². The fraction of sp³-hybridized carbons (Fsp3) is 0.235. The molecule has 3 aromatic heterocycles. The molecule has 25 heavy (non-hydrogen) atoms. The zero-order chi connectivity index (χ0) is 17.9. The Hall–Kier alpha value is -3.29. The Bertz CT molecular complexity index is 1240. The summed E-state index contributed by atoms with van der Waals surface area (Å²) in [6.07, 6.45) is 1.85. The number of imidazole rings is 2. The smallest absolute Gasteiger partial charge is 0.332 e. The van der Waals surface area contributed by atoms with E-state index in [9.17, 15) is 9.59 Å². The van der Waals surface area contributed by atoms with Crippen molar-refractivity contribution in [2.45, 2.75) is 6.92 Å². The van der Waals surface area contributed by atoms with Crippen molar-refractivity contribution in [3.8, 4) is 11.4 Å². The molecule has 4 rings (SSSR count). The van der Waals surface area contributed by atoms with Gasteiger partial charge in [0.15, 0.2) is 11.2 Å². The van der Waals surface area contributed by atoms with Crippen LogP contribution in [0.15, 0.2) is 40.1 Å². The third-order valence-electron chi connectivity index (χ3n) is 4.47. The van der Waals surface area contributed by atoms with Gasteiger partial charge >= 0.3 is 5.69 Å². The van der Waals surface area contributed by atoms with Gasteiger partial charge in [-0.3, -0.25) is 22.9 Å². The summed E-state index contributed by atoms with van der Waals surface area (Å²) in [6, 6.07) is 7.57. The molecule has 1 aromatic carbocycles. The zero-order valence-electron chi connectivity index (χ0n) is 14.3. The van der Waals surface area contributed by atoms with Gasteiger partial charge in [-0.05, 0) is 31.2 Å². The first-order valence-corrected chi connectivity index (χ1v) is 7.74. The number of benzene rings is 1. The van der Waals surface area contributed by atoms with Crippen molar-refractivity contribution in [2.75, 3.05) is 7.11 Å². The summed E-state index contributed by atoms with van der Waals surface area (Å²) in [5.74, 6) is 1.34. The van der Waals surface area contributed by atoms with E-state index in [1.165, 1.54) is 11.6 Å². The number of rotatable bonds is 2. The van der Waals surface area contributed by atoms with E-state index in [4.69, 9.17) is 4.74 Å². The molecule has 0 saturated carbocycles. The first-order chi connectivity index (χ1) is 11.9. The summed E-state index contributed by atoms with van der Waals surface area (Å²) in [4.78, 5) is 29.3. The molecule has 0 aliphatic rings. The summed E-state index contributed by atoms with van der Waals surface area (Å²) < 4.78 is 11.3. The van der Waals surface area contributed by atoms with Crippen LogP contribution >= 0.6 is 0 Å². The summed E-state index contributed by atoms with van der Waals surface area (Å²) in [5.41, 5.74) is 1.81. The Kier molecular flexibility index (Phi) is 3.11. The molecule has 0 bridgehead atoms. The van der Waals surface area contributed by atoms with E-state index in [1.807, 2.05) is 42.0 Å². The molecule has 0 unspecified atom stereocenters. The van der Waals surface area contributed by atoms with Gasteiger partial charge in [-0.2, -0.15) is 4.98 Å². The Morgan fingerprint density at radius 3 is 2.36 bits per heavy atom. The second-order valence-corrected chi connectivity index (χ2v) is 5.96. The van der Waals surface area contributed by atoms with Gasteiger partial charge in [0.25, 0.3) is 5.56 Å². The normalized spacial score (nSPS) is 11.5. The molecular weight excluding hydrogens is 322 g/mol. The maximum atomic E-state index is 12.6. The van der Waals surface area contributed by atoms with E-state index in [-0.39, 0.29) is 5.56 Å². The summed E-state index contributed by atoms with van der Waals surface area (Å²) in [6.45, 7) is 1.94. The second-order valence-electron chi connectivity index (χ2n) is 5.96. The average molecular weight is 339 g/mol. The van der Waals surface area contributed by atoms with Gasteiger partial charge in [-0.25, -0.2) is 4.79 Å². The van der Waals surface area contributed by atoms with Crippen LogP contribution in [0.25, 0.3) is 22.6 Å². The Labute approximate surface area is 142 Å². The molecule has 0 fully saturated rings. The lowest BCUT2D eigenvalue weighted by Crippen LogP contribution is -2.37. The lowest BCUT2D eigenvalue weighted by Gasteiger charge is -2.07. The molecule has 128 valence electrons. The van der Waals surface area contributed by atoms with E-state index >= 15 is 0 Å². The van der Waals surface area contributed by atoms with Crippen molar-refractivity contribution in [1.82, 2.24) is 23.1 Å². The minimum atomic E-state index is -0.397. The Morgan fingerprint density at radius 2 is 1.72 bits per heavy atom. The number of methoxy groups -OCH3 is 1. The largest absolute Gasteiger partial charge is 0.497 e. The molecule has 0 saturated heterocycles. The first kappa shape index (κ1) is 15.3. The third-order valence-corrected chi connectivity index (χ3v) is 4.47. The van der Waals surface area contributed by atoms with Gasteiger partial charge in [-0.15, -0.1) is 0 Å². The molecule has 4 aromatic rings. The number of aryl methyl sites for hydroxylation is 2. The Balaban J connectivity index is 2.12. The predicted octanol–water partition coefficient (Wildman–Crippen LogP) is 0.993. The van der Waals surface area contributed by atoms with E-state index in [2.05, 4.69) is 4.98 Å². The number of hydrogen-bond acceptors (Lipinski definition) is 4. The lowest BCUT2D eigenvalue weighted by molar-refractivity contribution is 0.415. The quantitative estimate of drug-likeness (QED) is 0.546. The highest BCUT2D eigenvalue weighted by atomic mass is 16.5. The molecule has 8 heteroatoms.